The van der Waals surface area contributed by atoms with Crippen LogP contribution in [0, 0.1) is 11.6 Å². The second-order valence-electron chi connectivity index (χ2n) is 4.64. The molecule has 1 aromatic rings. The van der Waals surface area contributed by atoms with Gasteiger partial charge < -0.3 is 4.90 Å². The zero-order chi connectivity index (χ0) is 14.2. The lowest BCUT2D eigenvalue weighted by Gasteiger charge is -2.36. The molecular formula is C13H14F2N2O2. The predicted octanol–water partition coefficient (Wildman–Crippen LogP) is 2.53. The Labute approximate surface area is 109 Å². The largest absolute Gasteiger partial charge is 0.331 e. The first-order chi connectivity index (χ1) is 8.91. The van der Waals surface area contributed by atoms with Crippen molar-refractivity contribution >= 4 is 17.6 Å². The highest BCUT2D eigenvalue weighted by atomic mass is 19.1. The number of amides is 3. The molecule has 1 fully saturated rings. The van der Waals surface area contributed by atoms with Gasteiger partial charge in [-0.05, 0) is 26.0 Å². The molecule has 1 heterocycles. The van der Waals surface area contributed by atoms with Crippen molar-refractivity contribution in [3.8, 4) is 0 Å². The van der Waals surface area contributed by atoms with Crippen LogP contribution in [0.25, 0.3) is 0 Å². The van der Waals surface area contributed by atoms with E-state index in [1.165, 1.54) is 4.90 Å². The quantitative estimate of drug-likeness (QED) is 0.827. The summed E-state index contributed by atoms with van der Waals surface area (Å²) in [6, 6.07) is 2.12. The van der Waals surface area contributed by atoms with E-state index in [0.29, 0.717) is 12.6 Å². The minimum atomic E-state index is -0.924. The van der Waals surface area contributed by atoms with Gasteiger partial charge in [-0.2, -0.15) is 0 Å². The molecule has 1 aliphatic heterocycles. The van der Waals surface area contributed by atoms with Crippen molar-refractivity contribution in [1.82, 2.24) is 4.90 Å². The SMILES string of the molecule is CC(C)N1CCC(=O)N(c2ccc(F)cc2F)C1=O. The monoisotopic (exact) mass is 268 g/mol. The Morgan fingerprint density at radius 2 is 1.89 bits per heavy atom. The Morgan fingerprint density at radius 3 is 2.47 bits per heavy atom. The Kier molecular flexibility index (Phi) is 3.50. The zero-order valence-corrected chi connectivity index (χ0v) is 10.7. The molecule has 0 aliphatic carbocycles. The third-order valence-electron chi connectivity index (χ3n) is 3.03. The van der Waals surface area contributed by atoms with Gasteiger partial charge in [0.1, 0.15) is 11.6 Å². The Hall–Kier alpha value is -1.98. The molecule has 2 rings (SSSR count). The molecule has 102 valence electrons. The molecule has 1 aliphatic rings. The number of anilines is 1. The number of hydrogen-bond donors (Lipinski definition) is 0. The summed E-state index contributed by atoms with van der Waals surface area (Å²) in [7, 11) is 0. The van der Waals surface area contributed by atoms with Crippen molar-refractivity contribution in [2.75, 3.05) is 11.4 Å². The molecule has 0 saturated carbocycles. The average molecular weight is 268 g/mol. The van der Waals surface area contributed by atoms with E-state index in [4.69, 9.17) is 0 Å². The lowest BCUT2D eigenvalue weighted by atomic mass is 10.2. The van der Waals surface area contributed by atoms with Crippen molar-refractivity contribution in [3.05, 3.63) is 29.8 Å². The van der Waals surface area contributed by atoms with Crippen molar-refractivity contribution in [2.24, 2.45) is 0 Å². The topological polar surface area (TPSA) is 40.6 Å². The molecule has 4 nitrogen and oxygen atoms in total. The molecule has 0 N–H and O–H groups in total. The van der Waals surface area contributed by atoms with Gasteiger partial charge in [0, 0.05) is 25.1 Å². The van der Waals surface area contributed by atoms with Crippen LogP contribution in [0.2, 0.25) is 0 Å². The summed E-state index contributed by atoms with van der Waals surface area (Å²) in [4.78, 5) is 26.3. The lowest BCUT2D eigenvalue weighted by Crippen LogP contribution is -2.55. The van der Waals surface area contributed by atoms with Gasteiger partial charge in [0.05, 0.1) is 5.69 Å². The van der Waals surface area contributed by atoms with Crippen LogP contribution in [-0.4, -0.2) is 29.4 Å². The Balaban J connectivity index is 2.40. The van der Waals surface area contributed by atoms with Gasteiger partial charge >= 0.3 is 6.03 Å². The summed E-state index contributed by atoms with van der Waals surface area (Å²) in [5.41, 5.74) is -0.207. The summed E-state index contributed by atoms with van der Waals surface area (Å²) in [5.74, 6) is -2.15. The number of carbonyl (C=O) groups is 2. The van der Waals surface area contributed by atoms with Crippen molar-refractivity contribution < 1.29 is 18.4 Å². The van der Waals surface area contributed by atoms with Gasteiger partial charge in [-0.1, -0.05) is 0 Å². The van der Waals surface area contributed by atoms with Crippen molar-refractivity contribution in [2.45, 2.75) is 26.3 Å². The van der Waals surface area contributed by atoms with Crippen LogP contribution in [-0.2, 0) is 4.79 Å². The van der Waals surface area contributed by atoms with E-state index < -0.39 is 23.6 Å². The summed E-state index contributed by atoms with van der Waals surface area (Å²) in [6.07, 6.45) is 0.126. The summed E-state index contributed by atoms with van der Waals surface area (Å²) in [6.45, 7) is 3.94. The number of hydrogen-bond acceptors (Lipinski definition) is 2. The summed E-state index contributed by atoms with van der Waals surface area (Å²) < 4.78 is 26.6. The standard InChI is InChI=1S/C13H14F2N2O2/c1-8(2)16-6-5-12(18)17(13(16)19)11-4-3-9(14)7-10(11)15/h3-4,7-8H,5-6H2,1-2H3. The normalized spacial score (nSPS) is 16.5. The molecule has 1 saturated heterocycles. The first kappa shape index (κ1) is 13.5. The fraction of sp³-hybridized carbons (Fsp3) is 0.385. The maximum atomic E-state index is 13.7. The molecular weight excluding hydrogens is 254 g/mol. The highest BCUT2D eigenvalue weighted by Crippen LogP contribution is 2.25. The molecule has 6 heteroatoms. The van der Waals surface area contributed by atoms with Gasteiger partial charge in [0.2, 0.25) is 5.91 Å². The molecule has 1 aromatic carbocycles. The molecule has 19 heavy (non-hydrogen) atoms. The summed E-state index contributed by atoms with van der Waals surface area (Å²) >= 11 is 0. The molecule has 0 atom stereocenters. The van der Waals surface area contributed by atoms with Crippen LogP contribution in [0.1, 0.15) is 20.3 Å². The van der Waals surface area contributed by atoms with Crippen LogP contribution in [0.15, 0.2) is 18.2 Å². The first-order valence-corrected chi connectivity index (χ1v) is 6.00. The van der Waals surface area contributed by atoms with Gasteiger partial charge in [0.25, 0.3) is 0 Å². The van der Waals surface area contributed by atoms with E-state index in [-0.39, 0.29) is 18.2 Å². The minimum Gasteiger partial charge on any atom is -0.321 e. The molecule has 0 bridgehead atoms. The number of nitrogens with zero attached hydrogens (tertiary/aromatic N) is 2. The van der Waals surface area contributed by atoms with E-state index in [9.17, 15) is 18.4 Å². The number of halogens is 2. The number of benzene rings is 1. The smallest absolute Gasteiger partial charge is 0.321 e. The minimum absolute atomic E-state index is 0.0911. The van der Waals surface area contributed by atoms with Crippen LogP contribution >= 0.6 is 0 Å². The molecule has 0 radical (unpaired) electrons. The third-order valence-corrected chi connectivity index (χ3v) is 3.03. The lowest BCUT2D eigenvalue weighted by molar-refractivity contribution is -0.119. The van der Waals surface area contributed by atoms with Gasteiger partial charge in [-0.15, -0.1) is 0 Å². The van der Waals surface area contributed by atoms with Gasteiger partial charge in [-0.3, -0.25) is 4.79 Å². The van der Waals surface area contributed by atoms with E-state index in [0.717, 1.165) is 17.0 Å². The average Bonchev–Trinajstić information content (AvgIpc) is 2.31. The van der Waals surface area contributed by atoms with E-state index in [1.54, 1.807) is 0 Å². The van der Waals surface area contributed by atoms with Crippen LogP contribution in [0.4, 0.5) is 19.3 Å². The van der Waals surface area contributed by atoms with Crippen LogP contribution in [0.5, 0.6) is 0 Å². The highest BCUT2D eigenvalue weighted by molar-refractivity contribution is 6.15. The maximum Gasteiger partial charge on any atom is 0.331 e. The van der Waals surface area contributed by atoms with E-state index in [2.05, 4.69) is 0 Å². The van der Waals surface area contributed by atoms with E-state index in [1.807, 2.05) is 13.8 Å². The number of carbonyl (C=O) groups excluding carboxylic acids is 2. The first-order valence-electron chi connectivity index (χ1n) is 6.00. The second-order valence-corrected chi connectivity index (χ2v) is 4.64. The molecule has 3 amide bonds. The zero-order valence-electron chi connectivity index (χ0n) is 10.7. The maximum absolute atomic E-state index is 13.7. The second kappa shape index (κ2) is 4.95. The van der Waals surface area contributed by atoms with Crippen molar-refractivity contribution in [3.63, 3.8) is 0 Å². The van der Waals surface area contributed by atoms with Crippen LogP contribution < -0.4 is 4.90 Å². The Morgan fingerprint density at radius 1 is 1.21 bits per heavy atom. The van der Waals surface area contributed by atoms with E-state index >= 15 is 0 Å². The highest BCUT2D eigenvalue weighted by Gasteiger charge is 2.35. The molecule has 0 unspecified atom stereocenters. The third kappa shape index (κ3) is 2.43. The fourth-order valence-electron chi connectivity index (χ4n) is 2.04. The van der Waals surface area contributed by atoms with Gasteiger partial charge in [0.15, 0.2) is 0 Å². The molecule has 0 spiro atoms. The van der Waals surface area contributed by atoms with Crippen molar-refractivity contribution in [1.29, 1.82) is 0 Å². The predicted molar refractivity (Wildman–Crippen MR) is 65.7 cm³/mol. The van der Waals surface area contributed by atoms with Gasteiger partial charge in [-0.25, -0.2) is 18.5 Å². The number of imide groups is 1. The van der Waals surface area contributed by atoms with Crippen LogP contribution in [0.3, 0.4) is 0 Å². The number of urea groups is 1. The Bertz CT molecular complexity index is 531. The molecule has 0 aromatic heterocycles. The fourth-order valence-corrected chi connectivity index (χ4v) is 2.04. The number of rotatable bonds is 2. The summed E-state index contributed by atoms with van der Waals surface area (Å²) in [5, 5.41) is 0.